The van der Waals surface area contributed by atoms with E-state index in [1.165, 1.54) is 31.4 Å². The fraction of sp³-hybridized carbons (Fsp3) is 0.941. The highest BCUT2D eigenvalue weighted by molar-refractivity contribution is 7.99. The second-order valence-corrected chi connectivity index (χ2v) is 8.60. The van der Waals surface area contributed by atoms with E-state index in [2.05, 4.69) is 62.3 Å². The smallest absolute Gasteiger partial charge is 0.191 e. The van der Waals surface area contributed by atoms with E-state index in [1.807, 2.05) is 0 Å². The molecule has 3 N–H and O–H groups in total. The SMILES string of the molecule is CCNC(=NCCNC(C)(C)C)NC1CCCC(SCC)C1. The zero-order valence-corrected chi connectivity index (χ0v) is 16.0. The summed E-state index contributed by atoms with van der Waals surface area (Å²) in [5, 5.41) is 11.3. The minimum atomic E-state index is 0.162. The maximum atomic E-state index is 4.71. The van der Waals surface area contributed by atoms with Crippen LogP contribution in [-0.2, 0) is 0 Å². The molecular formula is C17H36N4S. The summed E-state index contributed by atoms with van der Waals surface area (Å²) >= 11 is 2.11. The molecule has 0 amide bonds. The average Bonchev–Trinajstić information content (AvgIpc) is 2.43. The monoisotopic (exact) mass is 328 g/mol. The van der Waals surface area contributed by atoms with Gasteiger partial charge in [-0.3, -0.25) is 4.99 Å². The van der Waals surface area contributed by atoms with Crippen molar-refractivity contribution >= 4 is 17.7 Å². The summed E-state index contributed by atoms with van der Waals surface area (Å²) in [4.78, 5) is 4.71. The van der Waals surface area contributed by atoms with E-state index in [1.54, 1.807) is 0 Å². The first-order valence-electron chi connectivity index (χ1n) is 8.86. The highest BCUT2D eigenvalue weighted by Gasteiger charge is 2.22. The van der Waals surface area contributed by atoms with Gasteiger partial charge in [-0.2, -0.15) is 11.8 Å². The summed E-state index contributed by atoms with van der Waals surface area (Å²) in [6.45, 7) is 13.6. The minimum absolute atomic E-state index is 0.162. The highest BCUT2D eigenvalue weighted by atomic mass is 32.2. The minimum Gasteiger partial charge on any atom is -0.357 e. The molecule has 0 aromatic heterocycles. The van der Waals surface area contributed by atoms with Crippen molar-refractivity contribution < 1.29 is 0 Å². The van der Waals surface area contributed by atoms with Gasteiger partial charge in [-0.1, -0.05) is 13.3 Å². The van der Waals surface area contributed by atoms with E-state index in [0.717, 1.165) is 30.8 Å². The molecule has 1 rings (SSSR count). The van der Waals surface area contributed by atoms with Crippen LogP contribution in [0, 0.1) is 0 Å². The number of nitrogens with one attached hydrogen (secondary N) is 3. The molecule has 1 aliphatic rings. The van der Waals surface area contributed by atoms with Gasteiger partial charge in [0.1, 0.15) is 0 Å². The number of thioether (sulfide) groups is 1. The van der Waals surface area contributed by atoms with Crippen LogP contribution in [0.1, 0.15) is 60.3 Å². The lowest BCUT2D eigenvalue weighted by atomic mass is 9.95. The van der Waals surface area contributed by atoms with Crippen LogP contribution in [0.2, 0.25) is 0 Å². The molecule has 1 fully saturated rings. The van der Waals surface area contributed by atoms with Gasteiger partial charge in [0.2, 0.25) is 0 Å². The van der Waals surface area contributed by atoms with Crippen LogP contribution >= 0.6 is 11.8 Å². The molecule has 4 nitrogen and oxygen atoms in total. The molecule has 22 heavy (non-hydrogen) atoms. The van der Waals surface area contributed by atoms with Gasteiger partial charge in [-0.25, -0.2) is 0 Å². The normalized spacial score (nSPS) is 23.4. The first-order chi connectivity index (χ1) is 10.4. The van der Waals surface area contributed by atoms with Crippen molar-refractivity contribution in [1.82, 2.24) is 16.0 Å². The summed E-state index contributed by atoms with van der Waals surface area (Å²) in [6, 6.07) is 0.575. The van der Waals surface area contributed by atoms with E-state index < -0.39 is 0 Å². The van der Waals surface area contributed by atoms with Crippen molar-refractivity contribution in [1.29, 1.82) is 0 Å². The lowest BCUT2D eigenvalue weighted by Crippen LogP contribution is -2.46. The third-order valence-electron chi connectivity index (χ3n) is 3.75. The largest absolute Gasteiger partial charge is 0.357 e. The summed E-state index contributed by atoms with van der Waals surface area (Å²) in [5.74, 6) is 2.20. The maximum Gasteiger partial charge on any atom is 0.191 e. The standard InChI is InChI=1S/C17H36N4S/c1-6-18-16(19-11-12-20-17(3,4)5)21-14-9-8-10-15(13-14)22-7-2/h14-15,20H,6-13H2,1-5H3,(H2,18,19,21). The Balaban J connectivity index is 2.41. The molecule has 1 saturated carbocycles. The van der Waals surface area contributed by atoms with Crippen molar-refractivity contribution in [3.05, 3.63) is 0 Å². The van der Waals surface area contributed by atoms with Crippen LogP contribution in [-0.4, -0.2) is 48.2 Å². The van der Waals surface area contributed by atoms with E-state index in [-0.39, 0.29) is 5.54 Å². The van der Waals surface area contributed by atoms with Crippen LogP contribution in [0.3, 0.4) is 0 Å². The lowest BCUT2D eigenvalue weighted by molar-refractivity contribution is 0.417. The molecule has 0 aromatic rings. The van der Waals surface area contributed by atoms with E-state index in [4.69, 9.17) is 4.99 Å². The summed E-state index contributed by atoms with van der Waals surface area (Å²) in [5.41, 5.74) is 0.162. The molecule has 0 bridgehead atoms. The summed E-state index contributed by atoms with van der Waals surface area (Å²) in [7, 11) is 0. The van der Waals surface area contributed by atoms with Crippen LogP contribution in [0.15, 0.2) is 4.99 Å². The Morgan fingerprint density at radius 2 is 2.00 bits per heavy atom. The van der Waals surface area contributed by atoms with Gasteiger partial charge in [-0.15, -0.1) is 0 Å². The molecule has 0 radical (unpaired) electrons. The number of rotatable bonds is 7. The zero-order valence-electron chi connectivity index (χ0n) is 15.2. The molecular weight excluding hydrogens is 292 g/mol. The molecule has 5 heteroatoms. The number of aliphatic imine (C=N–C) groups is 1. The molecule has 1 aliphatic carbocycles. The third kappa shape index (κ3) is 8.89. The first kappa shape index (κ1) is 19.6. The Bertz CT molecular complexity index is 323. The Morgan fingerprint density at radius 3 is 2.64 bits per heavy atom. The van der Waals surface area contributed by atoms with Crippen LogP contribution in [0.25, 0.3) is 0 Å². The maximum absolute atomic E-state index is 4.71. The third-order valence-corrected chi connectivity index (χ3v) is 4.98. The average molecular weight is 329 g/mol. The van der Waals surface area contributed by atoms with E-state index >= 15 is 0 Å². The van der Waals surface area contributed by atoms with Crippen LogP contribution < -0.4 is 16.0 Å². The Hall–Kier alpha value is -0.420. The van der Waals surface area contributed by atoms with Gasteiger partial charge < -0.3 is 16.0 Å². The van der Waals surface area contributed by atoms with Crippen molar-refractivity contribution in [3.8, 4) is 0 Å². The second kappa shape index (κ2) is 10.4. The van der Waals surface area contributed by atoms with E-state index in [0.29, 0.717) is 6.04 Å². The van der Waals surface area contributed by atoms with Gasteiger partial charge >= 0.3 is 0 Å². The van der Waals surface area contributed by atoms with E-state index in [9.17, 15) is 0 Å². The van der Waals surface area contributed by atoms with Crippen molar-refractivity contribution in [2.45, 2.75) is 77.1 Å². The topological polar surface area (TPSA) is 48.5 Å². The second-order valence-electron chi connectivity index (χ2n) is 7.02. The molecule has 0 spiro atoms. The fourth-order valence-electron chi connectivity index (χ4n) is 2.78. The lowest BCUT2D eigenvalue weighted by Gasteiger charge is -2.30. The Labute approximate surface area is 141 Å². The van der Waals surface area contributed by atoms with Gasteiger partial charge in [0.05, 0.1) is 6.54 Å². The number of nitrogens with zero attached hydrogens (tertiary/aromatic N) is 1. The van der Waals surface area contributed by atoms with Crippen LogP contribution in [0.4, 0.5) is 0 Å². The molecule has 0 heterocycles. The highest BCUT2D eigenvalue weighted by Crippen LogP contribution is 2.28. The van der Waals surface area contributed by atoms with Gasteiger partial charge in [-0.05, 0) is 52.7 Å². The summed E-state index contributed by atoms with van der Waals surface area (Å²) in [6.07, 6.45) is 5.24. The molecule has 130 valence electrons. The molecule has 0 saturated heterocycles. The number of hydrogen-bond acceptors (Lipinski definition) is 3. The Morgan fingerprint density at radius 1 is 1.23 bits per heavy atom. The molecule has 2 atom stereocenters. The van der Waals surface area contributed by atoms with Crippen molar-refractivity contribution in [2.75, 3.05) is 25.4 Å². The molecule has 2 unspecified atom stereocenters. The predicted octanol–water partition coefficient (Wildman–Crippen LogP) is 2.99. The first-order valence-corrected chi connectivity index (χ1v) is 9.91. The molecule has 0 aromatic carbocycles. The zero-order chi connectivity index (χ0) is 16.4. The number of guanidine groups is 1. The fourth-order valence-corrected chi connectivity index (χ4v) is 3.95. The van der Waals surface area contributed by atoms with Gasteiger partial charge in [0, 0.05) is 29.9 Å². The van der Waals surface area contributed by atoms with Gasteiger partial charge in [0.25, 0.3) is 0 Å². The number of hydrogen-bond donors (Lipinski definition) is 3. The quantitative estimate of drug-likeness (QED) is 0.382. The van der Waals surface area contributed by atoms with Crippen molar-refractivity contribution in [3.63, 3.8) is 0 Å². The predicted molar refractivity (Wildman–Crippen MR) is 101 cm³/mol. The van der Waals surface area contributed by atoms with Gasteiger partial charge in [0.15, 0.2) is 5.96 Å². The van der Waals surface area contributed by atoms with Crippen LogP contribution in [0.5, 0.6) is 0 Å². The molecule has 0 aliphatic heterocycles. The Kier molecular flexibility index (Phi) is 9.25. The van der Waals surface area contributed by atoms with Crippen molar-refractivity contribution in [2.24, 2.45) is 4.99 Å². The summed E-state index contributed by atoms with van der Waals surface area (Å²) < 4.78 is 0.